The van der Waals surface area contributed by atoms with Crippen LogP contribution in [-0.4, -0.2) is 11.2 Å². The number of aryl methyl sites for hydroxylation is 1. The Balaban J connectivity index is 1.92. The molecule has 0 aliphatic heterocycles. The van der Waals surface area contributed by atoms with Gasteiger partial charge < -0.3 is 9.52 Å². The summed E-state index contributed by atoms with van der Waals surface area (Å²) in [5.74, 6) is 1.81. The van der Waals surface area contributed by atoms with Crippen LogP contribution in [0.5, 0.6) is 0 Å². The van der Waals surface area contributed by atoms with E-state index in [-0.39, 0.29) is 11.5 Å². The van der Waals surface area contributed by atoms with Crippen LogP contribution in [0.25, 0.3) is 11.3 Å². The lowest BCUT2D eigenvalue weighted by Crippen LogP contribution is -2.21. The summed E-state index contributed by atoms with van der Waals surface area (Å²) in [5, 5.41) is 9.85. The van der Waals surface area contributed by atoms with Crippen LogP contribution < -0.4 is 0 Å². The second-order valence-electron chi connectivity index (χ2n) is 5.36. The Kier molecular flexibility index (Phi) is 2.56. The number of aliphatic hydroxyl groups is 1. The zero-order chi connectivity index (χ0) is 12.8. The molecule has 0 radical (unpaired) electrons. The molecule has 94 valence electrons. The van der Waals surface area contributed by atoms with Gasteiger partial charge in [-0.15, -0.1) is 0 Å². The second-order valence-corrected chi connectivity index (χ2v) is 5.36. The third-order valence-corrected chi connectivity index (χ3v) is 4.02. The maximum atomic E-state index is 9.85. The molecule has 2 nitrogen and oxygen atoms in total. The van der Waals surface area contributed by atoms with Gasteiger partial charge in [0.2, 0.25) is 0 Å². The highest BCUT2D eigenvalue weighted by atomic mass is 16.3. The molecule has 1 saturated carbocycles. The van der Waals surface area contributed by atoms with Crippen molar-refractivity contribution in [3.63, 3.8) is 0 Å². The predicted molar refractivity (Wildman–Crippen MR) is 71.5 cm³/mol. The van der Waals surface area contributed by atoms with Crippen LogP contribution in [-0.2, 0) is 5.41 Å². The summed E-state index contributed by atoms with van der Waals surface area (Å²) in [4.78, 5) is 0. The summed E-state index contributed by atoms with van der Waals surface area (Å²) < 4.78 is 5.94. The van der Waals surface area contributed by atoms with Crippen LogP contribution >= 0.6 is 0 Å². The molecule has 1 aromatic heterocycles. The van der Waals surface area contributed by atoms with E-state index < -0.39 is 0 Å². The van der Waals surface area contributed by atoms with E-state index >= 15 is 0 Å². The molecule has 1 aromatic carbocycles. The Morgan fingerprint density at radius 1 is 1.11 bits per heavy atom. The van der Waals surface area contributed by atoms with Gasteiger partial charge in [0.1, 0.15) is 11.5 Å². The van der Waals surface area contributed by atoms with E-state index in [0.717, 1.165) is 29.9 Å². The lowest BCUT2D eigenvalue weighted by atomic mass is 9.98. The Morgan fingerprint density at radius 2 is 1.78 bits per heavy atom. The van der Waals surface area contributed by atoms with E-state index in [1.165, 1.54) is 5.56 Å². The molecule has 0 amide bonds. The van der Waals surface area contributed by atoms with Gasteiger partial charge in [0.25, 0.3) is 0 Å². The maximum absolute atomic E-state index is 9.85. The molecular formula is C16H18O2. The van der Waals surface area contributed by atoms with Crippen molar-refractivity contribution in [2.24, 2.45) is 0 Å². The Bertz CT molecular complexity index is 545. The number of benzene rings is 1. The molecule has 1 aliphatic rings. The van der Waals surface area contributed by atoms with Gasteiger partial charge in [0, 0.05) is 5.56 Å². The van der Waals surface area contributed by atoms with Crippen molar-refractivity contribution in [3.8, 4) is 11.3 Å². The predicted octanol–water partition coefficient (Wildman–Crippen LogP) is 3.67. The molecule has 1 atom stereocenters. The molecule has 18 heavy (non-hydrogen) atoms. The first kappa shape index (κ1) is 11.5. The van der Waals surface area contributed by atoms with Crippen molar-refractivity contribution in [3.05, 3.63) is 47.7 Å². The number of furan rings is 1. The van der Waals surface area contributed by atoms with Crippen LogP contribution in [0.15, 0.2) is 40.8 Å². The highest BCUT2D eigenvalue weighted by molar-refractivity contribution is 5.58. The summed E-state index contributed by atoms with van der Waals surface area (Å²) in [6.45, 7) is 3.92. The monoisotopic (exact) mass is 242 g/mol. The molecule has 2 heteroatoms. The number of rotatable bonds is 3. The normalized spacial score (nSPS) is 18.6. The van der Waals surface area contributed by atoms with Gasteiger partial charge in [-0.2, -0.15) is 0 Å². The SMILES string of the molecule is Cc1ccc(-c2ccc(C3(C(C)O)CC3)o2)cc1. The van der Waals surface area contributed by atoms with Crippen molar-refractivity contribution in [1.29, 1.82) is 0 Å². The molecular weight excluding hydrogens is 224 g/mol. The van der Waals surface area contributed by atoms with Gasteiger partial charge in [-0.1, -0.05) is 29.8 Å². The smallest absolute Gasteiger partial charge is 0.134 e. The molecule has 1 unspecified atom stereocenters. The van der Waals surface area contributed by atoms with Crippen LogP contribution in [0.3, 0.4) is 0 Å². The topological polar surface area (TPSA) is 33.4 Å². The fourth-order valence-electron chi connectivity index (χ4n) is 2.48. The van der Waals surface area contributed by atoms with Crippen LogP contribution in [0, 0.1) is 6.92 Å². The number of aliphatic hydroxyl groups excluding tert-OH is 1. The van der Waals surface area contributed by atoms with Gasteiger partial charge in [-0.05, 0) is 38.8 Å². The molecule has 1 aliphatic carbocycles. The summed E-state index contributed by atoms with van der Waals surface area (Å²) in [6, 6.07) is 12.3. The van der Waals surface area contributed by atoms with E-state index in [0.29, 0.717) is 0 Å². The zero-order valence-electron chi connectivity index (χ0n) is 10.8. The number of hydrogen-bond acceptors (Lipinski definition) is 2. The van der Waals surface area contributed by atoms with Gasteiger partial charge in [0.05, 0.1) is 11.5 Å². The molecule has 2 aromatic rings. The van der Waals surface area contributed by atoms with E-state index in [4.69, 9.17) is 4.42 Å². The van der Waals surface area contributed by atoms with Gasteiger partial charge in [-0.25, -0.2) is 0 Å². The second kappa shape index (κ2) is 3.99. The first-order chi connectivity index (χ1) is 8.62. The fraction of sp³-hybridized carbons (Fsp3) is 0.375. The summed E-state index contributed by atoms with van der Waals surface area (Å²) in [6.07, 6.45) is 1.70. The standard InChI is InChI=1S/C16H18O2/c1-11-3-5-13(6-4-11)14-7-8-15(18-14)16(9-10-16)12(2)17/h3-8,12,17H,9-10H2,1-2H3. The maximum Gasteiger partial charge on any atom is 0.134 e. The highest BCUT2D eigenvalue weighted by Crippen LogP contribution is 2.51. The van der Waals surface area contributed by atoms with E-state index in [2.05, 4.69) is 31.2 Å². The molecule has 0 bridgehead atoms. The Labute approximate surface area is 107 Å². The largest absolute Gasteiger partial charge is 0.460 e. The highest BCUT2D eigenvalue weighted by Gasteiger charge is 2.51. The van der Waals surface area contributed by atoms with Crippen molar-refractivity contribution in [2.45, 2.75) is 38.2 Å². The molecule has 3 rings (SSSR count). The van der Waals surface area contributed by atoms with Crippen molar-refractivity contribution in [2.75, 3.05) is 0 Å². The minimum absolute atomic E-state index is 0.122. The zero-order valence-corrected chi connectivity index (χ0v) is 10.8. The molecule has 0 saturated heterocycles. The van der Waals surface area contributed by atoms with Gasteiger partial charge in [-0.3, -0.25) is 0 Å². The van der Waals surface area contributed by atoms with Crippen molar-refractivity contribution < 1.29 is 9.52 Å². The average Bonchev–Trinajstić information content (AvgIpc) is 3.03. The first-order valence-electron chi connectivity index (χ1n) is 6.47. The quantitative estimate of drug-likeness (QED) is 0.891. The van der Waals surface area contributed by atoms with Crippen LogP contribution in [0.2, 0.25) is 0 Å². The molecule has 0 spiro atoms. The summed E-state index contributed by atoms with van der Waals surface area (Å²) >= 11 is 0. The van der Waals surface area contributed by atoms with Gasteiger partial charge >= 0.3 is 0 Å². The molecule has 1 N–H and O–H groups in total. The Hall–Kier alpha value is -1.54. The summed E-state index contributed by atoms with van der Waals surface area (Å²) in [5.41, 5.74) is 2.21. The Morgan fingerprint density at radius 3 is 2.33 bits per heavy atom. The fourth-order valence-corrected chi connectivity index (χ4v) is 2.48. The minimum atomic E-state index is -0.338. The van der Waals surface area contributed by atoms with Gasteiger partial charge in [0.15, 0.2) is 0 Å². The third-order valence-electron chi connectivity index (χ3n) is 4.02. The molecule has 1 heterocycles. The lowest BCUT2D eigenvalue weighted by molar-refractivity contribution is 0.139. The van der Waals surface area contributed by atoms with Crippen molar-refractivity contribution >= 4 is 0 Å². The van der Waals surface area contributed by atoms with E-state index in [1.54, 1.807) is 0 Å². The van der Waals surface area contributed by atoms with Crippen molar-refractivity contribution in [1.82, 2.24) is 0 Å². The first-order valence-corrected chi connectivity index (χ1v) is 6.47. The molecule has 1 fully saturated rings. The van der Waals surface area contributed by atoms with E-state index in [1.807, 2.05) is 19.1 Å². The lowest BCUT2D eigenvalue weighted by Gasteiger charge is -2.15. The van der Waals surface area contributed by atoms with E-state index in [9.17, 15) is 5.11 Å². The number of hydrogen-bond donors (Lipinski definition) is 1. The minimum Gasteiger partial charge on any atom is -0.460 e. The average molecular weight is 242 g/mol. The van der Waals surface area contributed by atoms with Crippen LogP contribution in [0.1, 0.15) is 31.1 Å². The van der Waals surface area contributed by atoms with Crippen LogP contribution in [0.4, 0.5) is 0 Å². The summed E-state index contributed by atoms with van der Waals surface area (Å²) in [7, 11) is 0. The third kappa shape index (κ3) is 1.77.